The average Bonchev–Trinajstić information content (AvgIpc) is 2.49. The van der Waals surface area contributed by atoms with Crippen LogP contribution in [0.3, 0.4) is 0 Å². The van der Waals surface area contributed by atoms with Crippen molar-refractivity contribution in [2.24, 2.45) is 5.92 Å². The Morgan fingerprint density at radius 2 is 1.96 bits per heavy atom. The Morgan fingerprint density at radius 1 is 1.26 bits per heavy atom. The van der Waals surface area contributed by atoms with Crippen molar-refractivity contribution in [3.05, 3.63) is 24.3 Å². The number of hydrogen-bond acceptors (Lipinski definition) is 3. The van der Waals surface area contributed by atoms with Gasteiger partial charge in [0.05, 0.1) is 4.90 Å². The van der Waals surface area contributed by atoms with E-state index < -0.39 is 10.0 Å². The molecule has 1 saturated carbocycles. The van der Waals surface area contributed by atoms with E-state index in [0.717, 1.165) is 6.42 Å². The van der Waals surface area contributed by atoms with Crippen molar-refractivity contribution >= 4 is 33.0 Å². The van der Waals surface area contributed by atoms with Crippen molar-refractivity contribution in [2.75, 3.05) is 19.4 Å². The predicted octanol–water partition coefficient (Wildman–Crippen LogP) is 2.80. The van der Waals surface area contributed by atoms with E-state index >= 15 is 0 Å². The van der Waals surface area contributed by atoms with Crippen molar-refractivity contribution in [2.45, 2.75) is 43.5 Å². The summed E-state index contributed by atoms with van der Waals surface area (Å²) in [5, 5.41) is 7.00. The van der Waals surface area contributed by atoms with E-state index in [-0.39, 0.29) is 4.90 Å². The molecule has 2 rings (SSSR count). The zero-order chi connectivity index (χ0) is 17.0. The van der Waals surface area contributed by atoms with Crippen LogP contribution in [0.25, 0.3) is 0 Å². The van der Waals surface area contributed by atoms with E-state index in [2.05, 4.69) is 17.6 Å². The number of rotatable bonds is 4. The summed E-state index contributed by atoms with van der Waals surface area (Å²) >= 11 is 5.38. The molecule has 0 amide bonds. The SMILES string of the molecule is C[C@H]1CCCC[C@@H]1NC(=S)Nc1cccc(S(=O)(=O)N(C)C)c1. The number of sulfonamides is 1. The number of thiocarbonyl (C=S) groups is 1. The highest BCUT2D eigenvalue weighted by atomic mass is 32.2. The van der Waals surface area contributed by atoms with Crippen molar-refractivity contribution < 1.29 is 8.42 Å². The van der Waals surface area contributed by atoms with Gasteiger partial charge in [0.25, 0.3) is 0 Å². The number of benzene rings is 1. The number of nitrogens with zero attached hydrogens (tertiary/aromatic N) is 1. The molecule has 1 aromatic rings. The van der Waals surface area contributed by atoms with Gasteiger partial charge < -0.3 is 10.6 Å². The Hall–Kier alpha value is -1.18. The molecule has 1 aliphatic carbocycles. The molecule has 1 aliphatic rings. The quantitative estimate of drug-likeness (QED) is 0.813. The topological polar surface area (TPSA) is 61.4 Å². The summed E-state index contributed by atoms with van der Waals surface area (Å²) in [5.74, 6) is 0.601. The predicted molar refractivity (Wildman–Crippen MR) is 98.1 cm³/mol. The fourth-order valence-corrected chi connectivity index (χ4v) is 4.03. The van der Waals surface area contributed by atoms with Gasteiger partial charge >= 0.3 is 0 Å². The van der Waals surface area contributed by atoms with Crippen LogP contribution in [0.5, 0.6) is 0 Å². The van der Waals surface area contributed by atoms with Gasteiger partial charge in [0.2, 0.25) is 10.0 Å². The van der Waals surface area contributed by atoms with Crippen LogP contribution in [0.15, 0.2) is 29.2 Å². The lowest BCUT2D eigenvalue weighted by Gasteiger charge is -2.30. The van der Waals surface area contributed by atoms with Crippen LogP contribution in [-0.4, -0.2) is 38.0 Å². The summed E-state index contributed by atoms with van der Waals surface area (Å²) < 4.78 is 25.6. The third-order valence-corrected chi connectivity index (χ3v) is 6.33. The highest BCUT2D eigenvalue weighted by Crippen LogP contribution is 2.24. The first kappa shape index (κ1) is 18.2. The van der Waals surface area contributed by atoms with E-state index in [4.69, 9.17) is 12.2 Å². The average molecular weight is 356 g/mol. The molecule has 2 atom stereocenters. The van der Waals surface area contributed by atoms with Crippen LogP contribution in [-0.2, 0) is 10.0 Å². The van der Waals surface area contributed by atoms with Gasteiger partial charge in [-0.25, -0.2) is 12.7 Å². The maximum absolute atomic E-state index is 12.2. The molecule has 1 aromatic carbocycles. The summed E-state index contributed by atoms with van der Waals surface area (Å²) in [4.78, 5) is 0.251. The lowest BCUT2D eigenvalue weighted by molar-refractivity contribution is 0.309. The Morgan fingerprint density at radius 3 is 2.61 bits per heavy atom. The van der Waals surface area contributed by atoms with Gasteiger partial charge in [-0.05, 0) is 49.2 Å². The van der Waals surface area contributed by atoms with Crippen LogP contribution in [0.2, 0.25) is 0 Å². The van der Waals surface area contributed by atoms with Gasteiger partial charge in [0, 0.05) is 25.8 Å². The Kier molecular flexibility index (Phi) is 6.00. The largest absolute Gasteiger partial charge is 0.359 e. The molecule has 0 bridgehead atoms. The van der Waals surface area contributed by atoms with Gasteiger partial charge in [-0.15, -0.1) is 0 Å². The van der Waals surface area contributed by atoms with E-state index in [9.17, 15) is 8.42 Å². The first-order valence-corrected chi connectivity index (χ1v) is 9.75. The highest BCUT2D eigenvalue weighted by molar-refractivity contribution is 7.89. The van der Waals surface area contributed by atoms with Gasteiger partial charge in [-0.1, -0.05) is 25.8 Å². The number of hydrogen-bond donors (Lipinski definition) is 2. The Balaban J connectivity index is 2.04. The van der Waals surface area contributed by atoms with Crippen LogP contribution < -0.4 is 10.6 Å². The normalized spacial score (nSPS) is 21.9. The third kappa shape index (κ3) is 4.65. The van der Waals surface area contributed by atoms with E-state index in [0.29, 0.717) is 22.8 Å². The first-order chi connectivity index (χ1) is 10.8. The minimum Gasteiger partial charge on any atom is -0.359 e. The second-order valence-electron chi connectivity index (χ2n) is 6.28. The molecule has 0 radical (unpaired) electrons. The lowest BCUT2D eigenvalue weighted by Crippen LogP contribution is -2.43. The first-order valence-electron chi connectivity index (χ1n) is 7.91. The Bertz CT molecular complexity index is 659. The minimum atomic E-state index is -3.44. The zero-order valence-electron chi connectivity index (χ0n) is 13.9. The molecule has 0 aromatic heterocycles. The molecular weight excluding hydrogens is 330 g/mol. The van der Waals surface area contributed by atoms with E-state index in [1.807, 2.05) is 6.07 Å². The van der Waals surface area contributed by atoms with Gasteiger partial charge in [-0.3, -0.25) is 0 Å². The Labute approximate surface area is 144 Å². The van der Waals surface area contributed by atoms with E-state index in [1.54, 1.807) is 18.2 Å². The molecule has 0 unspecified atom stereocenters. The maximum atomic E-state index is 12.2. The molecule has 0 spiro atoms. The fourth-order valence-electron chi connectivity index (χ4n) is 2.81. The standard InChI is InChI=1S/C16H25N3O2S2/c1-12-7-4-5-10-15(12)18-16(22)17-13-8-6-9-14(11-13)23(20,21)19(2)3/h6,8-9,11-12,15H,4-5,7,10H2,1-3H3,(H2,17,18,22)/t12-,15-/m0/s1. The fraction of sp³-hybridized carbons (Fsp3) is 0.562. The molecule has 7 heteroatoms. The summed E-state index contributed by atoms with van der Waals surface area (Å²) in [6.45, 7) is 2.24. The summed E-state index contributed by atoms with van der Waals surface area (Å²) in [7, 11) is -0.402. The monoisotopic (exact) mass is 355 g/mol. The number of anilines is 1. The van der Waals surface area contributed by atoms with Crippen LogP contribution in [0.1, 0.15) is 32.6 Å². The molecular formula is C16H25N3O2S2. The molecule has 0 saturated heterocycles. The maximum Gasteiger partial charge on any atom is 0.242 e. The lowest BCUT2D eigenvalue weighted by atomic mass is 9.86. The second kappa shape index (κ2) is 7.59. The molecule has 0 heterocycles. The number of nitrogens with one attached hydrogen (secondary N) is 2. The summed E-state index contributed by atoms with van der Waals surface area (Å²) in [6.07, 6.45) is 4.85. The molecule has 1 fully saturated rings. The van der Waals surface area contributed by atoms with Gasteiger partial charge in [0.15, 0.2) is 5.11 Å². The summed E-state index contributed by atoms with van der Waals surface area (Å²) in [6, 6.07) is 7.10. The van der Waals surface area contributed by atoms with Crippen molar-refractivity contribution in [1.82, 2.24) is 9.62 Å². The third-order valence-electron chi connectivity index (χ3n) is 4.30. The molecule has 0 aliphatic heterocycles. The van der Waals surface area contributed by atoms with Gasteiger partial charge in [-0.2, -0.15) is 0 Å². The smallest absolute Gasteiger partial charge is 0.242 e. The van der Waals surface area contributed by atoms with Crippen molar-refractivity contribution in [3.63, 3.8) is 0 Å². The van der Waals surface area contributed by atoms with Crippen molar-refractivity contribution in [3.8, 4) is 0 Å². The van der Waals surface area contributed by atoms with Gasteiger partial charge in [0.1, 0.15) is 0 Å². The molecule has 5 nitrogen and oxygen atoms in total. The van der Waals surface area contributed by atoms with Crippen LogP contribution in [0.4, 0.5) is 5.69 Å². The van der Waals surface area contributed by atoms with Crippen LogP contribution >= 0.6 is 12.2 Å². The zero-order valence-corrected chi connectivity index (χ0v) is 15.5. The highest BCUT2D eigenvalue weighted by Gasteiger charge is 2.22. The van der Waals surface area contributed by atoms with E-state index in [1.165, 1.54) is 37.7 Å². The molecule has 23 heavy (non-hydrogen) atoms. The molecule has 2 N–H and O–H groups in total. The van der Waals surface area contributed by atoms with Crippen molar-refractivity contribution in [1.29, 1.82) is 0 Å². The molecule has 128 valence electrons. The second-order valence-corrected chi connectivity index (χ2v) is 8.84. The van der Waals surface area contributed by atoms with Crippen LogP contribution in [0, 0.1) is 5.92 Å². The minimum absolute atomic E-state index is 0.251. The summed E-state index contributed by atoms with van der Waals surface area (Å²) in [5.41, 5.74) is 0.675.